The van der Waals surface area contributed by atoms with E-state index in [-0.39, 0.29) is 49.1 Å². The number of ether oxygens (including phenoxy) is 3. The highest BCUT2D eigenvalue weighted by Crippen LogP contribution is 2.15. The van der Waals surface area contributed by atoms with Crippen LogP contribution < -0.4 is 5.11 Å². The number of aliphatic carboxylic acids is 1. The Balaban J connectivity index is 4.27. The normalized spacial score (nSPS) is 13.6. The molecule has 0 radical (unpaired) electrons. The fraction of sp³-hybridized carbons (Fsp3) is 0.683. The Labute approximate surface area is 417 Å². The molecule has 0 fully saturated rings. The quantitative estimate of drug-likeness (QED) is 0.0259. The van der Waals surface area contributed by atoms with E-state index >= 15 is 0 Å². The molecule has 0 bridgehead atoms. The molecule has 8 nitrogen and oxygen atoms in total. The standard InChI is InChI=1S/C60H101NO7/c1-6-8-10-12-14-16-18-20-22-24-26-28-29-31-33-35-37-39-41-43-45-47-49-51-59(63)68-56(54-66-53-52-57(60(64)65)61(3,4)5)55-67-58(62)50-48-46-44-42-40-38-36-34-32-30-27-25-23-21-19-17-15-13-11-9-7-2/h8-11,14-17,20,22,26,28,31,33,37,39,56-57H,6-7,12-13,18-19,21,23-25,27,29-30,32,34-36,38,40-55H2,1-5H3/b10-8+,11-9+,16-14+,17-15+,22-20+,28-26+,33-31+,39-37+. The summed E-state index contributed by atoms with van der Waals surface area (Å²) in [6.07, 6.45) is 67.3. The van der Waals surface area contributed by atoms with Gasteiger partial charge in [0.1, 0.15) is 12.6 Å². The van der Waals surface area contributed by atoms with Crippen LogP contribution in [0, 0.1) is 0 Å². The first kappa shape index (κ1) is 64.2. The number of nitrogens with zero attached hydrogens (tertiary/aromatic N) is 1. The van der Waals surface area contributed by atoms with Crippen LogP contribution in [0.15, 0.2) is 97.2 Å². The fourth-order valence-corrected chi connectivity index (χ4v) is 7.58. The summed E-state index contributed by atoms with van der Waals surface area (Å²) in [5.41, 5.74) is 0. The molecule has 0 aromatic heterocycles. The van der Waals surface area contributed by atoms with Crippen LogP contribution in [0.3, 0.4) is 0 Å². The number of esters is 2. The third-order valence-electron chi connectivity index (χ3n) is 11.7. The van der Waals surface area contributed by atoms with Crippen molar-refractivity contribution in [2.45, 2.75) is 225 Å². The average molecular weight is 948 g/mol. The molecule has 2 unspecified atom stereocenters. The summed E-state index contributed by atoms with van der Waals surface area (Å²) in [5.74, 6) is -1.77. The first-order valence-electron chi connectivity index (χ1n) is 27.3. The molecule has 0 saturated heterocycles. The smallest absolute Gasteiger partial charge is 0.306 e. The monoisotopic (exact) mass is 948 g/mol. The van der Waals surface area contributed by atoms with Crippen LogP contribution in [0.1, 0.15) is 213 Å². The van der Waals surface area contributed by atoms with Gasteiger partial charge in [-0.05, 0) is 89.9 Å². The van der Waals surface area contributed by atoms with Gasteiger partial charge in [0.05, 0.1) is 40.3 Å². The zero-order valence-corrected chi connectivity index (χ0v) is 44.2. The van der Waals surface area contributed by atoms with Crippen LogP contribution in [0.2, 0.25) is 0 Å². The Morgan fingerprint density at radius 1 is 0.441 bits per heavy atom. The third-order valence-corrected chi connectivity index (χ3v) is 11.7. The van der Waals surface area contributed by atoms with E-state index in [1.807, 2.05) is 0 Å². The van der Waals surface area contributed by atoms with Gasteiger partial charge in [0, 0.05) is 19.3 Å². The molecule has 0 spiro atoms. The maximum absolute atomic E-state index is 12.8. The van der Waals surface area contributed by atoms with Crippen LogP contribution in [0.25, 0.3) is 0 Å². The van der Waals surface area contributed by atoms with Gasteiger partial charge in [-0.1, -0.05) is 201 Å². The summed E-state index contributed by atoms with van der Waals surface area (Å²) in [7, 11) is 5.40. The van der Waals surface area contributed by atoms with E-state index in [9.17, 15) is 19.5 Å². The molecule has 0 rings (SSSR count). The number of likely N-dealkylation sites (N-methyl/N-ethyl adjacent to an activating group) is 1. The van der Waals surface area contributed by atoms with E-state index in [0.717, 1.165) is 103 Å². The minimum Gasteiger partial charge on any atom is -0.544 e. The molecule has 0 N–H and O–H groups in total. The fourth-order valence-electron chi connectivity index (χ4n) is 7.58. The van der Waals surface area contributed by atoms with E-state index < -0.39 is 18.1 Å². The van der Waals surface area contributed by atoms with Crippen LogP contribution in [0.4, 0.5) is 0 Å². The first-order chi connectivity index (χ1) is 33.1. The van der Waals surface area contributed by atoms with Crippen LogP contribution in [-0.2, 0) is 28.6 Å². The Morgan fingerprint density at radius 3 is 1.15 bits per heavy atom. The number of hydrogen-bond donors (Lipinski definition) is 0. The number of quaternary nitrogens is 1. The lowest BCUT2D eigenvalue weighted by atomic mass is 10.0. The summed E-state index contributed by atoms with van der Waals surface area (Å²) in [5, 5.41) is 11.7. The zero-order chi connectivity index (χ0) is 49.9. The highest BCUT2D eigenvalue weighted by atomic mass is 16.6. The van der Waals surface area contributed by atoms with Crippen molar-refractivity contribution >= 4 is 17.9 Å². The Bertz CT molecular complexity index is 1430. The molecule has 0 aliphatic carbocycles. The number of allylic oxidation sites excluding steroid dienone is 16. The number of carboxylic acid groups (broad SMARTS) is 1. The van der Waals surface area contributed by atoms with Gasteiger partial charge < -0.3 is 28.6 Å². The molecule has 0 aromatic rings. The summed E-state index contributed by atoms with van der Waals surface area (Å²) < 4.78 is 17.2. The van der Waals surface area contributed by atoms with Gasteiger partial charge in [0.2, 0.25) is 0 Å². The minimum atomic E-state index is -1.13. The average Bonchev–Trinajstić information content (AvgIpc) is 3.30. The van der Waals surface area contributed by atoms with Crippen molar-refractivity contribution in [2.75, 3.05) is 41.0 Å². The lowest BCUT2D eigenvalue weighted by Gasteiger charge is -2.34. The first-order valence-corrected chi connectivity index (χ1v) is 27.3. The largest absolute Gasteiger partial charge is 0.544 e. The van der Waals surface area contributed by atoms with Gasteiger partial charge in [-0.3, -0.25) is 9.59 Å². The molecule has 0 amide bonds. The molecule has 0 aliphatic heterocycles. The third kappa shape index (κ3) is 47.3. The van der Waals surface area contributed by atoms with Crippen molar-refractivity contribution in [3.63, 3.8) is 0 Å². The van der Waals surface area contributed by atoms with E-state index in [1.165, 1.54) is 77.0 Å². The van der Waals surface area contributed by atoms with E-state index in [0.29, 0.717) is 6.42 Å². The highest BCUT2D eigenvalue weighted by Gasteiger charge is 2.25. The van der Waals surface area contributed by atoms with Crippen molar-refractivity contribution in [1.29, 1.82) is 0 Å². The molecule has 0 aromatic carbocycles. The van der Waals surface area contributed by atoms with Crippen LogP contribution in [0.5, 0.6) is 0 Å². The Kier molecular flexibility index (Phi) is 46.9. The van der Waals surface area contributed by atoms with E-state index in [4.69, 9.17) is 14.2 Å². The highest BCUT2D eigenvalue weighted by molar-refractivity contribution is 5.70. The number of carbonyl (C=O) groups excluding carboxylic acids is 3. The molecule has 8 heteroatoms. The molecule has 0 aliphatic rings. The van der Waals surface area contributed by atoms with Crippen molar-refractivity contribution in [1.82, 2.24) is 0 Å². The minimum absolute atomic E-state index is 0.0255. The molecule has 0 saturated carbocycles. The molecule has 68 heavy (non-hydrogen) atoms. The topological polar surface area (TPSA) is 102 Å². The predicted molar refractivity (Wildman–Crippen MR) is 286 cm³/mol. The SMILES string of the molecule is CC/C=C/C/C=C/C/C=C/C/C=C/C/C=C/C/C=C/CCCCCCC(=O)OC(COCCC(C(=O)[O-])[N+](C)(C)C)COC(=O)CCCCCCCCCCCCCCCC/C=C/C/C=C/CC. The number of rotatable bonds is 48. The van der Waals surface area contributed by atoms with E-state index in [1.54, 1.807) is 21.1 Å². The maximum atomic E-state index is 12.8. The summed E-state index contributed by atoms with van der Waals surface area (Å²) >= 11 is 0. The van der Waals surface area contributed by atoms with Gasteiger partial charge in [-0.25, -0.2) is 0 Å². The summed E-state index contributed by atoms with van der Waals surface area (Å²) in [6, 6.07) is -0.737. The van der Waals surface area contributed by atoms with E-state index in [2.05, 4.69) is 111 Å². The second kappa shape index (κ2) is 49.7. The second-order valence-corrected chi connectivity index (χ2v) is 19.1. The zero-order valence-electron chi connectivity index (χ0n) is 44.2. The molecule has 388 valence electrons. The lowest BCUT2D eigenvalue weighted by molar-refractivity contribution is -0.889. The number of unbranched alkanes of at least 4 members (excludes halogenated alkanes) is 18. The van der Waals surface area contributed by atoms with Crippen molar-refractivity contribution in [2.24, 2.45) is 0 Å². The lowest BCUT2D eigenvalue weighted by Crippen LogP contribution is -2.55. The molecular weight excluding hydrogens is 847 g/mol. The van der Waals surface area contributed by atoms with Gasteiger partial charge in [-0.2, -0.15) is 0 Å². The molecule has 0 heterocycles. The number of carboxylic acids is 1. The Morgan fingerprint density at radius 2 is 0.779 bits per heavy atom. The molecule has 2 atom stereocenters. The van der Waals surface area contributed by atoms with Crippen molar-refractivity contribution in [3.8, 4) is 0 Å². The van der Waals surface area contributed by atoms with Crippen molar-refractivity contribution in [3.05, 3.63) is 97.2 Å². The van der Waals surface area contributed by atoms with Gasteiger partial charge in [0.25, 0.3) is 0 Å². The second-order valence-electron chi connectivity index (χ2n) is 19.1. The number of hydrogen-bond acceptors (Lipinski definition) is 7. The number of carbonyl (C=O) groups is 3. The van der Waals surface area contributed by atoms with Gasteiger partial charge in [-0.15, -0.1) is 0 Å². The van der Waals surface area contributed by atoms with Gasteiger partial charge in [0.15, 0.2) is 6.10 Å². The molecular formula is C60H101NO7. The Hall–Kier alpha value is -3.75. The van der Waals surface area contributed by atoms with Crippen molar-refractivity contribution < 1.29 is 38.2 Å². The predicted octanol–water partition coefficient (Wildman–Crippen LogP) is 14.9. The summed E-state index contributed by atoms with van der Waals surface area (Å²) in [4.78, 5) is 37.1. The van der Waals surface area contributed by atoms with Crippen LogP contribution in [-0.4, -0.2) is 75.5 Å². The van der Waals surface area contributed by atoms with Crippen LogP contribution >= 0.6 is 0 Å². The van der Waals surface area contributed by atoms with Gasteiger partial charge >= 0.3 is 11.9 Å². The maximum Gasteiger partial charge on any atom is 0.306 e. The summed E-state index contributed by atoms with van der Waals surface area (Å²) in [6.45, 7) is 4.43.